The maximum absolute atomic E-state index is 9.64. The van der Waals surface area contributed by atoms with Crippen molar-refractivity contribution < 1.29 is 36.7 Å². The van der Waals surface area contributed by atoms with Gasteiger partial charge in [0.1, 0.15) is 0 Å². The topological polar surface area (TPSA) is 74.6 Å². The lowest BCUT2D eigenvalue weighted by Gasteiger charge is -2.21. The second-order valence-corrected chi connectivity index (χ2v) is 4.37. The molecule has 0 amide bonds. The van der Waals surface area contributed by atoms with E-state index in [4.69, 9.17) is 21.8 Å². The highest BCUT2D eigenvalue weighted by atomic mass is 35.5. The Morgan fingerprint density at radius 2 is 1.38 bits per heavy atom. The Kier molecular flexibility index (Phi) is 14.3. The Labute approximate surface area is 107 Å². The molecule has 0 bridgehead atoms. The number of rotatable bonds is 5. The molecule has 0 aromatic carbocycles. The summed E-state index contributed by atoms with van der Waals surface area (Å²) in [5.41, 5.74) is 0. The van der Waals surface area contributed by atoms with Crippen molar-refractivity contribution in [1.82, 2.24) is 0 Å². The van der Waals surface area contributed by atoms with E-state index in [0.717, 1.165) is 16.9 Å². The molecule has 2 N–H and O–H groups in total. The number of carbonyl (C=O) groups is 2. The van der Waals surface area contributed by atoms with Crippen molar-refractivity contribution >= 4 is 23.5 Å². The van der Waals surface area contributed by atoms with Gasteiger partial charge in [0.2, 0.25) is 0 Å². The first kappa shape index (κ1) is 20.8. The third kappa shape index (κ3) is 29.2. The smallest absolute Gasteiger partial charge is 0.303 e. The molecular weight excluding hydrogens is 257 g/mol. The van der Waals surface area contributed by atoms with E-state index in [-0.39, 0.29) is 25.2 Å². The van der Waals surface area contributed by atoms with Gasteiger partial charge in [-0.05, 0) is 0 Å². The maximum atomic E-state index is 9.64. The highest BCUT2D eigenvalue weighted by Crippen LogP contribution is 1.89. The molecule has 0 aromatic rings. The quantitative estimate of drug-likeness (QED) is 0.444. The summed E-state index contributed by atoms with van der Waals surface area (Å²) in [5.74, 6) is -1.40. The second kappa shape index (κ2) is 11.0. The highest BCUT2D eigenvalue weighted by molar-refractivity contribution is 6.17. The number of nitrogens with zero attached hydrogens (tertiary/aromatic N) is 1. The number of carboxylic acid groups (broad SMARTS) is 2. The summed E-state index contributed by atoms with van der Waals surface area (Å²) in [7, 11) is 6.38. The molecule has 0 spiro atoms. The molecule has 0 heterocycles. The van der Waals surface area contributed by atoms with Gasteiger partial charge in [0, 0.05) is 0 Å². The lowest BCUT2D eigenvalue weighted by Crippen LogP contribution is -3.00. The lowest BCUT2D eigenvalue weighted by atomic mass is 10.3. The molecule has 0 aliphatic rings. The van der Waals surface area contributed by atoms with Crippen LogP contribution in [0, 0.1) is 0 Å². The van der Waals surface area contributed by atoms with E-state index in [1.54, 1.807) is 0 Å². The minimum absolute atomic E-state index is 0. The summed E-state index contributed by atoms with van der Waals surface area (Å²) in [6, 6.07) is 0. The summed E-state index contributed by atoms with van der Waals surface area (Å²) in [4.78, 5) is 19.3. The van der Waals surface area contributed by atoms with Crippen LogP contribution in [-0.4, -0.2) is 60.2 Å². The molecule has 0 atom stereocenters. The minimum Gasteiger partial charge on any atom is -1.00 e. The average molecular weight is 276 g/mol. The molecule has 0 radical (unpaired) electrons. The van der Waals surface area contributed by atoms with E-state index in [1.807, 2.05) is 0 Å². The molecule has 0 fully saturated rings. The van der Waals surface area contributed by atoms with Gasteiger partial charge in [-0.1, -0.05) is 0 Å². The molecule has 0 saturated carbocycles. The molecular formula is C9H19Cl2NO4. The van der Waals surface area contributed by atoms with Gasteiger partial charge in [0.25, 0.3) is 0 Å². The van der Waals surface area contributed by atoms with Crippen LogP contribution >= 0.6 is 11.6 Å². The predicted octanol–water partition coefficient (Wildman–Crippen LogP) is -2.13. The molecule has 7 heteroatoms. The van der Waals surface area contributed by atoms with Crippen molar-refractivity contribution in [1.29, 1.82) is 0 Å². The van der Waals surface area contributed by atoms with E-state index in [1.165, 1.54) is 0 Å². The summed E-state index contributed by atoms with van der Waals surface area (Å²) in [5, 5.41) is 15.8. The lowest BCUT2D eigenvalue weighted by molar-refractivity contribution is -0.867. The van der Waals surface area contributed by atoms with Crippen molar-refractivity contribution in [2.75, 3.05) is 33.6 Å². The third-order valence-corrected chi connectivity index (χ3v) is 1.48. The van der Waals surface area contributed by atoms with Crippen LogP contribution in [0.1, 0.15) is 12.8 Å². The Morgan fingerprint density at radius 1 is 1.06 bits per heavy atom. The zero-order valence-corrected chi connectivity index (χ0v) is 11.3. The fourth-order valence-electron chi connectivity index (χ4n) is 0.467. The van der Waals surface area contributed by atoms with Crippen molar-refractivity contribution in [2.45, 2.75) is 12.8 Å². The monoisotopic (exact) mass is 275 g/mol. The first-order chi connectivity index (χ1) is 6.69. The number of aliphatic carboxylic acids is 2. The molecule has 0 unspecified atom stereocenters. The van der Waals surface area contributed by atoms with Gasteiger partial charge < -0.3 is 27.1 Å². The molecule has 5 nitrogen and oxygen atoms in total. The summed E-state index contributed by atoms with van der Waals surface area (Å²) in [6.45, 7) is 1.04. The van der Waals surface area contributed by atoms with Gasteiger partial charge in [-0.2, -0.15) is 0 Å². The fraction of sp³-hybridized carbons (Fsp3) is 0.778. The zero-order chi connectivity index (χ0) is 12.5. The average Bonchev–Trinajstić information content (AvgIpc) is 1.99. The van der Waals surface area contributed by atoms with Crippen LogP contribution in [0.25, 0.3) is 0 Å². The number of carboxylic acids is 2. The van der Waals surface area contributed by atoms with Crippen molar-refractivity contribution in [3.8, 4) is 0 Å². The van der Waals surface area contributed by atoms with Crippen LogP contribution in [0.2, 0.25) is 0 Å². The summed E-state index contributed by atoms with van der Waals surface area (Å²) >= 11 is 5.47. The largest absolute Gasteiger partial charge is 1.00 e. The molecule has 16 heavy (non-hydrogen) atoms. The minimum atomic E-state index is -1.08. The zero-order valence-electron chi connectivity index (χ0n) is 9.74. The van der Waals surface area contributed by atoms with Crippen LogP contribution in [-0.2, 0) is 9.59 Å². The van der Waals surface area contributed by atoms with E-state index in [9.17, 15) is 9.59 Å². The van der Waals surface area contributed by atoms with Gasteiger partial charge >= 0.3 is 11.9 Å². The Balaban J connectivity index is -0.000000200. The second-order valence-electron chi connectivity index (χ2n) is 3.99. The SMILES string of the molecule is C[N+](C)(C)CCCl.O=C(O)CCC(=O)O.[Cl-]. The predicted molar refractivity (Wildman–Crippen MR) is 58.1 cm³/mol. The van der Waals surface area contributed by atoms with Gasteiger partial charge in [-0.25, -0.2) is 0 Å². The Bertz CT molecular complexity index is 190. The van der Waals surface area contributed by atoms with Crippen molar-refractivity contribution in [3.05, 3.63) is 0 Å². The van der Waals surface area contributed by atoms with Gasteiger partial charge in [0.15, 0.2) is 0 Å². The number of hydrogen-bond donors (Lipinski definition) is 2. The molecule has 0 aliphatic heterocycles. The third-order valence-electron chi connectivity index (χ3n) is 1.31. The molecule has 0 aliphatic carbocycles. The van der Waals surface area contributed by atoms with Gasteiger partial charge in [0.05, 0.1) is 46.4 Å². The van der Waals surface area contributed by atoms with E-state index < -0.39 is 11.9 Å². The van der Waals surface area contributed by atoms with Crippen LogP contribution in [0.15, 0.2) is 0 Å². The molecule has 0 saturated heterocycles. The number of alkyl halides is 1. The van der Waals surface area contributed by atoms with Gasteiger partial charge in [-0.15, -0.1) is 11.6 Å². The van der Waals surface area contributed by atoms with Crippen LogP contribution in [0.3, 0.4) is 0 Å². The van der Waals surface area contributed by atoms with E-state index in [0.29, 0.717) is 0 Å². The summed E-state index contributed by atoms with van der Waals surface area (Å²) < 4.78 is 0.962. The Morgan fingerprint density at radius 3 is 1.44 bits per heavy atom. The van der Waals surface area contributed by atoms with Crippen molar-refractivity contribution in [2.24, 2.45) is 0 Å². The van der Waals surface area contributed by atoms with Crippen LogP contribution < -0.4 is 12.4 Å². The van der Waals surface area contributed by atoms with E-state index >= 15 is 0 Å². The fourth-order valence-corrected chi connectivity index (χ4v) is 0.975. The summed E-state index contributed by atoms with van der Waals surface area (Å²) in [6.07, 6.45) is -0.593. The number of hydrogen-bond acceptors (Lipinski definition) is 2. The number of quaternary nitrogens is 1. The van der Waals surface area contributed by atoms with Crippen molar-refractivity contribution in [3.63, 3.8) is 0 Å². The molecule has 0 aromatic heterocycles. The molecule has 0 rings (SSSR count). The molecule has 98 valence electrons. The standard InChI is InChI=1S/C5H13ClN.C4H6O4.ClH/c1-7(2,3)5-4-6;5-3(6)1-2-4(7)8;/h4-5H2,1-3H3;1-2H2,(H,5,6)(H,7,8);1H/q+1;;/p-1. The first-order valence-electron chi connectivity index (χ1n) is 4.49. The van der Waals surface area contributed by atoms with Crippen LogP contribution in [0.4, 0.5) is 0 Å². The van der Waals surface area contributed by atoms with Gasteiger partial charge in [-0.3, -0.25) is 9.59 Å². The first-order valence-corrected chi connectivity index (χ1v) is 5.02. The van der Waals surface area contributed by atoms with E-state index in [2.05, 4.69) is 21.1 Å². The van der Waals surface area contributed by atoms with Crippen LogP contribution in [0.5, 0.6) is 0 Å². The maximum Gasteiger partial charge on any atom is 0.303 e. The highest BCUT2D eigenvalue weighted by Gasteiger charge is 2.02. The Hall–Kier alpha value is -0.520. The normalized spacial score (nSPS) is 9.50. The number of halogens is 2.